The molecule has 2 atom stereocenters. The number of fused-ring (bicyclic) bond motifs is 1. The minimum atomic E-state index is 0. The van der Waals surface area contributed by atoms with Crippen LogP contribution in [-0.2, 0) is 0 Å². The largest absolute Gasteiger partial charge is 0.337 e. The van der Waals surface area contributed by atoms with Gasteiger partial charge in [-0.3, -0.25) is 4.79 Å². The molecule has 4 nitrogen and oxygen atoms in total. The van der Waals surface area contributed by atoms with Gasteiger partial charge in [0.05, 0.1) is 10.7 Å². The van der Waals surface area contributed by atoms with Gasteiger partial charge < -0.3 is 10.2 Å². The lowest BCUT2D eigenvalue weighted by Gasteiger charge is -2.34. The maximum atomic E-state index is 12.5. The fourth-order valence-electron chi connectivity index (χ4n) is 3.11. The lowest BCUT2D eigenvalue weighted by atomic mass is 9.93. The van der Waals surface area contributed by atoms with Gasteiger partial charge in [0.15, 0.2) is 0 Å². The first-order chi connectivity index (χ1) is 8.65. The van der Waals surface area contributed by atoms with E-state index in [9.17, 15) is 4.79 Å². The number of hydrogen-bond acceptors (Lipinski definition) is 4. The second-order valence-corrected chi connectivity index (χ2v) is 6.50. The van der Waals surface area contributed by atoms with E-state index in [4.69, 9.17) is 0 Å². The van der Waals surface area contributed by atoms with Crippen LogP contribution < -0.4 is 5.32 Å². The average Bonchev–Trinajstić information content (AvgIpc) is 2.93. The Labute approximate surface area is 136 Å². The standard InChI is InChI=1S/C13H19N3OS.2ClH/c1-8-12(18-9(2)15-8)13(17)16-6-4-11-10(7-16)3-5-14-11;;/h10-11,14H,3-7H2,1-2H3;2*1H. The quantitative estimate of drug-likeness (QED) is 0.855. The molecule has 0 bridgehead atoms. The number of rotatable bonds is 1. The first kappa shape index (κ1) is 17.7. The third-order valence-corrected chi connectivity index (χ3v) is 5.10. The van der Waals surface area contributed by atoms with E-state index in [0.29, 0.717) is 12.0 Å². The highest BCUT2D eigenvalue weighted by Crippen LogP contribution is 2.27. The molecule has 1 amide bonds. The zero-order valence-electron chi connectivity index (χ0n) is 11.7. The Kier molecular flexibility index (Phi) is 6.25. The fourth-order valence-corrected chi connectivity index (χ4v) is 3.99. The average molecular weight is 338 g/mol. The van der Waals surface area contributed by atoms with Gasteiger partial charge in [-0.05, 0) is 39.2 Å². The number of nitrogens with one attached hydrogen (secondary N) is 1. The van der Waals surface area contributed by atoms with E-state index in [1.165, 1.54) is 17.8 Å². The van der Waals surface area contributed by atoms with Crippen molar-refractivity contribution < 1.29 is 4.79 Å². The summed E-state index contributed by atoms with van der Waals surface area (Å²) in [5, 5.41) is 4.51. The molecule has 3 heterocycles. The zero-order chi connectivity index (χ0) is 12.7. The molecule has 114 valence electrons. The van der Waals surface area contributed by atoms with Crippen molar-refractivity contribution >= 4 is 42.1 Å². The van der Waals surface area contributed by atoms with Crippen LogP contribution >= 0.6 is 36.2 Å². The smallest absolute Gasteiger partial charge is 0.265 e. The highest BCUT2D eigenvalue weighted by atomic mass is 35.5. The highest BCUT2D eigenvalue weighted by Gasteiger charge is 2.35. The Morgan fingerprint density at radius 3 is 2.75 bits per heavy atom. The van der Waals surface area contributed by atoms with Gasteiger partial charge in [-0.15, -0.1) is 36.2 Å². The van der Waals surface area contributed by atoms with Crippen LogP contribution in [0, 0.1) is 19.8 Å². The molecular formula is C13H21Cl2N3OS. The van der Waals surface area contributed by atoms with Gasteiger partial charge in [0.2, 0.25) is 0 Å². The van der Waals surface area contributed by atoms with Gasteiger partial charge in [0.25, 0.3) is 5.91 Å². The first-order valence-electron chi connectivity index (χ1n) is 6.62. The minimum Gasteiger partial charge on any atom is -0.337 e. The maximum absolute atomic E-state index is 12.5. The van der Waals surface area contributed by atoms with Gasteiger partial charge in [-0.25, -0.2) is 4.98 Å². The molecule has 3 rings (SSSR count). The van der Waals surface area contributed by atoms with Gasteiger partial charge in [-0.2, -0.15) is 0 Å². The molecule has 1 aromatic heterocycles. The van der Waals surface area contributed by atoms with Crippen molar-refractivity contribution in [2.45, 2.75) is 32.7 Å². The SMILES string of the molecule is Cc1nc(C)c(C(=O)N2CCC3NCCC3C2)s1.Cl.Cl. The summed E-state index contributed by atoms with van der Waals surface area (Å²) in [6.07, 6.45) is 2.29. The predicted octanol–water partition coefficient (Wildman–Crippen LogP) is 2.43. The van der Waals surface area contributed by atoms with Crippen LogP contribution in [0.5, 0.6) is 0 Å². The van der Waals surface area contributed by atoms with Crippen molar-refractivity contribution in [2.24, 2.45) is 5.92 Å². The van der Waals surface area contributed by atoms with Crippen LogP contribution in [0.15, 0.2) is 0 Å². The summed E-state index contributed by atoms with van der Waals surface area (Å²) in [5.41, 5.74) is 0.883. The normalized spacial score (nSPS) is 24.6. The Bertz CT molecular complexity index is 480. The number of carbonyl (C=O) groups excluding carboxylic acids is 1. The molecule has 0 aromatic carbocycles. The van der Waals surface area contributed by atoms with Crippen molar-refractivity contribution in [2.75, 3.05) is 19.6 Å². The number of nitrogens with zero attached hydrogens (tertiary/aromatic N) is 2. The third-order valence-electron chi connectivity index (χ3n) is 4.04. The van der Waals surface area contributed by atoms with E-state index in [-0.39, 0.29) is 30.7 Å². The highest BCUT2D eigenvalue weighted by molar-refractivity contribution is 7.13. The van der Waals surface area contributed by atoms with E-state index < -0.39 is 0 Å². The Hall–Kier alpha value is -0.360. The summed E-state index contributed by atoms with van der Waals surface area (Å²) in [4.78, 5) is 19.7. The fraction of sp³-hybridized carbons (Fsp3) is 0.692. The molecule has 2 saturated heterocycles. The van der Waals surface area contributed by atoms with Crippen LogP contribution in [0.25, 0.3) is 0 Å². The lowest BCUT2D eigenvalue weighted by Crippen LogP contribution is -2.46. The summed E-state index contributed by atoms with van der Waals surface area (Å²) >= 11 is 1.52. The van der Waals surface area contributed by atoms with Crippen LogP contribution in [-0.4, -0.2) is 41.5 Å². The molecular weight excluding hydrogens is 317 g/mol. The van der Waals surface area contributed by atoms with Gasteiger partial charge in [-0.1, -0.05) is 0 Å². The summed E-state index contributed by atoms with van der Waals surface area (Å²) in [6, 6.07) is 0.637. The molecule has 1 aromatic rings. The minimum absolute atomic E-state index is 0. The van der Waals surface area contributed by atoms with Crippen LogP contribution in [0.2, 0.25) is 0 Å². The third kappa shape index (κ3) is 3.27. The van der Waals surface area contributed by atoms with Gasteiger partial charge >= 0.3 is 0 Å². The Morgan fingerprint density at radius 1 is 1.35 bits per heavy atom. The van der Waals surface area contributed by atoms with Crippen molar-refractivity contribution in [3.63, 3.8) is 0 Å². The second-order valence-electron chi connectivity index (χ2n) is 5.30. The van der Waals surface area contributed by atoms with E-state index in [2.05, 4.69) is 10.3 Å². The Morgan fingerprint density at radius 2 is 2.10 bits per heavy atom. The summed E-state index contributed by atoms with van der Waals surface area (Å²) in [5.74, 6) is 0.834. The number of aromatic nitrogens is 1. The molecule has 2 unspecified atom stereocenters. The molecule has 0 spiro atoms. The lowest BCUT2D eigenvalue weighted by molar-refractivity contribution is 0.0666. The molecule has 0 saturated carbocycles. The number of hydrogen-bond donors (Lipinski definition) is 1. The van der Waals surface area contributed by atoms with Crippen molar-refractivity contribution in [3.05, 3.63) is 15.6 Å². The predicted molar refractivity (Wildman–Crippen MR) is 86.5 cm³/mol. The zero-order valence-corrected chi connectivity index (χ0v) is 14.2. The van der Waals surface area contributed by atoms with Crippen molar-refractivity contribution in [1.29, 1.82) is 0 Å². The topological polar surface area (TPSA) is 45.2 Å². The molecule has 2 fully saturated rings. The molecule has 2 aliphatic rings. The molecule has 0 aliphatic carbocycles. The summed E-state index contributed by atoms with van der Waals surface area (Å²) in [7, 11) is 0. The van der Waals surface area contributed by atoms with Gasteiger partial charge in [0.1, 0.15) is 4.88 Å². The first-order valence-corrected chi connectivity index (χ1v) is 7.43. The molecule has 7 heteroatoms. The number of thiazole rings is 1. The van der Waals surface area contributed by atoms with E-state index in [1.807, 2.05) is 18.7 Å². The number of likely N-dealkylation sites (tertiary alicyclic amines) is 1. The monoisotopic (exact) mass is 337 g/mol. The Balaban J connectivity index is 0.000001000. The van der Waals surface area contributed by atoms with E-state index in [1.54, 1.807) is 0 Å². The van der Waals surface area contributed by atoms with E-state index >= 15 is 0 Å². The molecule has 0 radical (unpaired) electrons. The van der Waals surface area contributed by atoms with Crippen LogP contribution in [0.1, 0.15) is 33.2 Å². The number of aryl methyl sites for hydroxylation is 2. The number of halogens is 2. The molecule has 2 aliphatic heterocycles. The summed E-state index contributed by atoms with van der Waals surface area (Å²) < 4.78 is 0. The molecule has 20 heavy (non-hydrogen) atoms. The van der Waals surface area contributed by atoms with Crippen molar-refractivity contribution in [1.82, 2.24) is 15.2 Å². The number of piperidine rings is 1. The summed E-state index contributed by atoms with van der Waals surface area (Å²) in [6.45, 7) is 6.79. The van der Waals surface area contributed by atoms with Gasteiger partial charge in [0, 0.05) is 19.1 Å². The number of amides is 1. The molecule has 1 N–H and O–H groups in total. The van der Waals surface area contributed by atoms with Crippen LogP contribution in [0.4, 0.5) is 0 Å². The van der Waals surface area contributed by atoms with E-state index in [0.717, 1.165) is 41.6 Å². The number of carbonyl (C=O) groups is 1. The van der Waals surface area contributed by atoms with Crippen LogP contribution in [0.3, 0.4) is 0 Å². The maximum Gasteiger partial charge on any atom is 0.265 e. The van der Waals surface area contributed by atoms with Crippen molar-refractivity contribution in [3.8, 4) is 0 Å². The second kappa shape index (κ2) is 7.07.